The van der Waals surface area contributed by atoms with Gasteiger partial charge in [0.2, 0.25) is 0 Å². The minimum Gasteiger partial charge on any atom is -0.462 e. The first-order valence-corrected chi connectivity index (χ1v) is 10.8. The topological polar surface area (TPSA) is 60.7 Å². The Morgan fingerprint density at radius 1 is 0.900 bits per heavy atom. The van der Waals surface area contributed by atoms with E-state index in [1.807, 2.05) is 12.1 Å². The predicted octanol–water partition coefficient (Wildman–Crippen LogP) is 3.27. The number of furan rings is 1. The fraction of sp³-hybridized carbons (Fsp3) is 0.360. The van der Waals surface area contributed by atoms with Crippen LogP contribution >= 0.6 is 0 Å². The normalized spacial score (nSPS) is 24.3. The van der Waals surface area contributed by atoms with Gasteiger partial charge in [0, 0.05) is 37.0 Å². The molecule has 3 N–H and O–H groups in total. The SMILES string of the molecule is OCc1ccc(CN2CCC3NNC(C(c4ccccc4)c4ccccc4)C3C2)o1. The second kappa shape index (κ2) is 8.74. The molecular weight excluding hydrogens is 374 g/mol. The van der Waals surface area contributed by atoms with Crippen molar-refractivity contribution in [2.75, 3.05) is 13.1 Å². The first kappa shape index (κ1) is 19.5. The molecule has 2 saturated heterocycles. The average Bonchev–Trinajstić information content (AvgIpc) is 3.43. The molecule has 0 radical (unpaired) electrons. The van der Waals surface area contributed by atoms with Gasteiger partial charge in [0.25, 0.3) is 0 Å². The minimum atomic E-state index is -0.0452. The van der Waals surface area contributed by atoms with E-state index in [2.05, 4.69) is 76.4 Å². The van der Waals surface area contributed by atoms with E-state index < -0.39 is 0 Å². The van der Waals surface area contributed by atoms with Crippen molar-refractivity contribution < 1.29 is 9.52 Å². The fourth-order valence-electron chi connectivity index (χ4n) is 5.12. The van der Waals surface area contributed by atoms with E-state index in [0.29, 0.717) is 29.7 Å². The molecule has 30 heavy (non-hydrogen) atoms. The third-order valence-electron chi connectivity index (χ3n) is 6.57. The van der Waals surface area contributed by atoms with Crippen LogP contribution in [-0.4, -0.2) is 35.2 Å². The van der Waals surface area contributed by atoms with Gasteiger partial charge >= 0.3 is 0 Å². The largest absolute Gasteiger partial charge is 0.462 e. The second-order valence-electron chi connectivity index (χ2n) is 8.43. The molecule has 3 atom stereocenters. The van der Waals surface area contributed by atoms with Crippen LogP contribution in [0, 0.1) is 5.92 Å². The average molecular weight is 404 g/mol. The van der Waals surface area contributed by atoms with E-state index in [1.54, 1.807) is 0 Å². The van der Waals surface area contributed by atoms with Gasteiger partial charge in [-0.25, -0.2) is 0 Å². The minimum absolute atomic E-state index is 0.0452. The molecule has 0 amide bonds. The highest BCUT2D eigenvalue weighted by Crippen LogP contribution is 2.37. The van der Waals surface area contributed by atoms with E-state index >= 15 is 0 Å². The Balaban J connectivity index is 1.39. The number of rotatable bonds is 6. The van der Waals surface area contributed by atoms with Crippen molar-refractivity contribution in [2.45, 2.75) is 37.6 Å². The van der Waals surface area contributed by atoms with Crippen LogP contribution in [0.5, 0.6) is 0 Å². The Kier molecular flexibility index (Phi) is 5.69. The van der Waals surface area contributed by atoms with E-state index in [9.17, 15) is 5.11 Å². The summed E-state index contributed by atoms with van der Waals surface area (Å²) in [5.74, 6) is 2.35. The van der Waals surface area contributed by atoms with Gasteiger partial charge in [-0.3, -0.25) is 15.8 Å². The molecular formula is C25H29N3O2. The molecule has 2 aliphatic rings. The number of fused-ring (bicyclic) bond motifs is 1. The zero-order valence-corrected chi connectivity index (χ0v) is 17.1. The van der Waals surface area contributed by atoms with Crippen LogP contribution < -0.4 is 10.9 Å². The van der Waals surface area contributed by atoms with Crippen LogP contribution in [-0.2, 0) is 13.2 Å². The molecule has 2 fully saturated rings. The van der Waals surface area contributed by atoms with Crippen LogP contribution in [0.25, 0.3) is 0 Å². The summed E-state index contributed by atoms with van der Waals surface area (Å²) in [5, 5.41) is 9.27. The standard InChI is InChI=1S/C25H29N3O2/c29-17-21-12-11-20(30-21)15-28-14-13-23-22(16-28)25(27-26-23)24(18-7-3-1-4-8-18)19-9-5-2-6-10-19/h1-12,22-27,29H,13-17H2. The van der Waals surface area contributed by atoms with Crippen molar-refractivity contribution in [1.82, 2.24) is 15.8 Å². The number of hydrazine groups is 1. The summed E-state index contributed by atoms with van der Waals surface area (Å²) in [7, 11) is 0. The van der Waals surface area contributed by atoms with Crippen molar-refractivity contribution >= 4 is 0 Å². The predicted molar refractivity (Wildman–Crippen MR) is 117 cm³/mol. The lowest BCUT2D eigenvalue weighted by Crippen LogP contribution is -2.47. The molecule has 1 aromatic heterocycles. The monoisotopic (exact) mass is 403 g/mol. The zero-order chi connectivity index (χ0) is 20.3. The first-order valence-electron chi connectivity index (χ1n) is 10.8. The molecule has 156 valence electrons. The molecule has 0 aliphatic carbocycles. The first-order chi connectivity index (χ1) is 14.8. The maximum absolute atomic E-state index is 9.27. The van der Waals surface area contributed by atoms with Gasteiger partial charge in [-0.05, 0) is 29.7 Å². The number of hydrogen-bond donors (Lipinski definition) is 3. The maximum atomic E-state index is 9.27. The number of aliphatic hydroxyl groups excluding tert-OH is 1. The zero-order valence-electron chi connectivity index (χ0n) is 17.1. The van der Waals surface area contributed by atoms with Gasteiger partial charge in [0.1, 0.15) is 18.1 Å². The van der Waals surface area contributed by atoms with Gasteiger partial charge < -0.3 is 9.52 Å². The molecule has 2 aromatic carbocycles. The fourth-order valence-corrected chi connectivity index (χ4v) is 5.12. The molecule has 2 aliphatic heterocycles. The maximum Gasteiger partial charge on any atom is 0.129 e. The van der Waals surface area contributed by atoms with E-state index in [1.165, 1.54) is 11.1 Å². The van der Waals surface area contributed by atoms with Crippen molar-refractivity contribution in [2.24, 2.45) is 5.92 Å². The molecule has 5 nitrogen and oxygen atoms in total. The Morgan fingerprint density at radius 2 is 1.57 bits per heavy atom. The smallest absolute Gasteiger partial charge is 0.129 e. The van der Waals surface area contributed by atoms with Gasteiger partial charge in [0.05, 0.1) is 6.54 Å². The quantitative estimate of drug-likeness (QED) is 0.590. The molecule has 0 bridgehead atoms. The molecule has 3 unspecified atom stereocenters. The summed E-state index contributed by atoms with van der Waals surface area (Å²) in [6.45, 7) is 2.80. The number of piperidine rings is 1. The summed E-state index contributed by atoms with van der Waals surface area (Å²) in [6.07, 6.45) is 1.11. The van der Waals surface area contributed by atoms with Crippen LogP contribution in [0.4, 0.5) is 0 Å². The highest BCUT2D eigenvalue weighted by atomic mass is 16.4. The van der Waals surface area contributed by atoms with Crippen LogP contribution in [0.3, 0.4) is 0 Å². The van der Waals surface area contributed by atoms with E-state index in [-0.39, 0.29) is 6.61 Å². The number of nitrogens with zero attached hydrogens (tertiary/aromatic N) is 1. The van der Waals surface area contributed by atoms with Gasteiger partial charge in [-0.15, -0.1) is 0 Å². The van der Waals surface area contributed by atoms with E-state index in [4.69, 9.17) is 4.42 Å². The molecule has 0 spiro atoms. The van der Waals surface area contributed by atoms with Crippen molar-refractivity contribution in [3.05, 3.63) is 95.4 Å². The third kappa shape index (κ3) is 3.94. The number of aliphatic hydroxyl groups is 1. The van der Waals surface area contributed by atoms with Gasteiger partial charge in [-0.1, -0.05) is 60.7 Å². The highest BCUT2D eigenvalue weighted by Gasteiger charge is 2.44. The Labute approximate surface area is 177 Å². The summed E-state index contributed by atoms with van der Waals surface area (Å²) in [4.78, 5) is 2.48. The van der Waals surface area contributed by atoms with Crippen molar-refractivity contribution in [1.29, 1.82) is 0 Å². The molecule has 3 aromatic rings. The van der Waals surface area contributed by atoms with Crippen molar-refractivity contribution in [3.63, 3.8) is 0 Å². The number of benzene rings is 2. The van der Waals surface area contributed by atoms with Crippen molar-refractivity contribution in [3.8, 4) is 0 Å². The summed E-state index contributed by atoms with van der Waals surface area (Å²) >= 11 is 0. The van der Waals surface area contributed by atoms with Gasteiger partial charge in [-0.2, -0.15) is 0 Å². The Hall–Kier alpha value is -2.44. The summed E-state index contributed by atoms with van der Waals surface area (Å²) < 4.78 is 5.74. The number of hydrogen-bond acceptors (Lipinski definition) is 5. The Morgan fingerprint density at radius 3 is 2.20 bits per heavy atom. The summed E-state index contributed by atoms with van der Waals surface area (Å²) in [5.41, 5.74) is 9.95. The van der Waals surface area contributed by atoms with Gasteiger partial charge in [0.15, 0.2) is 0 Å². The van der Waals surface area contributed by atoms with Crippen LogP contribution in [0.15, 0.2) is 77.2 Å². The second-order valence-corrected chi connectivity index (χ2v) is 8.43. The molecule has 5 heteroatoms. The van der Waals surface area contributed by atoms with Crippen LogP contribution in [0.1, 0.15) is 35.0 Å². The number of likely N-dealkylation sites (tertiary alicyclic amines) is 1. The van der Waals surface area contributed by atoms with E-state index in [0.717, 1.165) is 31.8 Å². The number of nitrogens with one attached hydrogen (secondary N) is 2. The van der Waals surface area contributed by atoms with Crippen LogP contribution in [0.2, 0.25) is 0 Å². The molecule has 0 saturated carbocycles. The third-order valence-corrected chi connectivity index (χ3v) is 6.57. The summed E-state index contributed by atoms with van der Waals surface area (Å²) in [6, 6.07) is 26.3. The Bertz CT molecular complexity index is 904. The highest BCUT2D eigenvalue weighted by molar-refractivity contribution is 5.35. The lowest BCUT2D eigenvalue weighted by molar-refractivity contribution is 0.134. The lowest BCUT2D eigenvalue weighted by atomic mass is 9.76. The molecule has 5 rings (SSSR count). The lowest BCUT2D eigenvalue weighted by Gasteiger charge is -2.38. The molecule has 3 heterocycles.